The highest BCUT2D eigenvalue weighted by atomic mass is 79.9. The van der Waals surface area contributed by atoms with Gasteiger partial charge in [-0.3, -0.25) is 5.43 Å². The van der Waals surface area contributed by atoms with Crippen molar-refractivity contribution in [2.24, 2.45) is 5.10 Å². The van der Waals surface area contributed by atoms with Crippen molar-refractivity contribution in [3.63, 3.8) is 0 Å². The second-order valence-corrected chi connectivity index (χ2v) is 4.82. The zero-order valence-electron chi connectivity index (χ0n) is 10.0. The zero-order valence-corrected chi connectivity index (χ0v) is 11.6. The summed E-state index contributed by atoms with van der Waals surface area (Å²) in [6, 6.07) is 15.5. The maximum Gasteiger partial charge on any atom is 0.0669 e. The zero-order chi connectivity index (χ0) is 13.0. The number of nitrogens with zero attached hydrogens (tertiary/aromatic N) is 1. The van der Waals surface area contributed by atoms with Crippen LogP contribution in [0.15, 0.2) is 58.1 Å². The van der Waals surface area contributed by atoms with Crippen LogP contribution in [0.25, 0.3) is 0 Å². The Morgan fingerprint density at radius 1 is 1.17 bits per heavy atom. The van der Waals surface area contributed by atoms with Crippen molar-refractivity contribution in [2.45, 2.75) is 6.92 Å². The highest BCUT2D eigenvalue weighted by molar-refractivity contribution is 9.10. The van der Waals surface area contributed by atoms with E-state index in [2.05, 4.69) is 26.5 Å². The predicted octanol–water partition coefficient (Wildman–Crippen LogP) is 3.87. The molecule has 2 aromatic rings. The number of para-hydroxylation sites is 1. The van der Waals surface area contributed by atoms with Gasteiger partial charge in [0.05, 0.1) is 11.4 Å². The third-order valence-corrected chi connectivity index (χ3v) is 3.02. The average molecular weight is 304 g/mol. The average Bonchev–Trinajstić information content (AvgIpc) is 2.40. The fourth-order valence-corrected chi connectivity index (χ4v) is 1.92. The Morgan fingerprint density at radius 2 is 1.89 bits per heavy atom. The number of nitrogens with two attached hydrogens (primary N) is 1. The molecular formula is C14H14BrN3. The summed E-state index contributed by atoms with van der Waals surface area (Å²) < 4.78 is 0.987. The van der Waals surface area contributed by atoms with E-state index in [9.17, 15) is 0 Å². The Labute approximate surface area is 115 Å². The Balaban J connectivity index is 2.20. The Morgan fingerprint density at radius 3 is 2.61 bits per heavy atom. The number of nitrogens with one attached hydrogen (secondary N) is 1. The molecule has 0 fully saturated rings. The maximum absolute atomic E-state index is 5.93. The summed E-state index contributed by atoms with van der Waals surface area (Å²) in [5, 5.41) is 4.33. The molecule has 0 radical (unpaired) electrons. The van der Waals surface area contributed by atoms with Gasteiger partial charge in [0.1, 0.15) is 0 Å². The van der Waals surface area contributed by atoms with Gasteiger partial charge in [-0.15, -0.1) is 0 Å². The van der Waals surface area contributed by atoms with E-state index in [1.54, 1.807) is 0 Å². The van der Waals surface area contributed by atoms with Crippen LogP contribution in [0.2, 0.25) is 0 Å². The number of hydrogen-bond acceptors (Lipinski definition) is 3. The van der Waals surface area contributed by atoms with Crippen molar-refractivity contribution in [1.82, 2.24) is 0 Å². The summed E-state index contributed by atoms with van der Waals surface area (Å²) in [5.74, 6) is 0. The second kappa shape index (κ2) is 5.69. The lowest BCUT2D eigenvalue weighted by Crippen LogP contribution is -2.03. The molecule has 0 aliphatic heterocycles. The van der Waals surface area contributed by atoms with Crippen molar-refractivity contribution in [1.29, 1.82) is 0 Å². The van der Waals surface area contributed by atoms with Crippen LogP contribution in [0.3, 0.4) is 0 Å². The number of anilines is 2. The monoisotopic (exact) mass is 303 g/mol. The molecule has 0 saturated carbocycles. The Bertz CT molecular complexity index is 565. The van der Waals surface area contributed by atoms with Gasteiger partial charge in [0.2, 0.25) is 0 Å². The molecule has 0 aliphatic carbocycles. The molecule has 92 valence electrons. The van der Waals surface area contributed by atoms with Crippen LogP contribution < -0.4 is 11.2 Å². The molecular weight excluding hydrogens is 290 g/mol. The van der Waals surface area contributed by atoms with Crippen molar-refractivity contribution in [3.8, 4) is 0 Å². The first-order valence-electron chi connectivity index (χ1n) is 5.57. The van der Waals surface area contributed by atoms with E-state index in [1.165, 1.54) is 0 Å². The normalized spacial score (nSPS) is 11.3. The summed E-state index contributed by atoms with van der Waals surface area (Å²) in [5.41, 5.74) is 12.4. The predicted molar refractivity (Wildman–Crippen MR) is 80.8 cm³/mol. The fraction of sp³-hybridized carbons (Fsp3) is 0.0714. The van der Waals surface area contributed by atoms with Crippen molar-refractivity contribution in [2.75, 3.05) is 11.2 Å². The first-order valence-corrected chi connectivity index (χ1v) is 6.37. The minimum atomic E-state index is 0.717. The van der Waals surface area contributed by atoms with Crippen LogP contribution in [0, 0.1) is 0 Å². The van der Waals surface area contributed by atoms with E-state index >= 15 is 0 Å². The number of nitrogen functional groups attached to an aromatic ring is 1. The van der Waals surface area contributed by atoms with Crippen LogP contribution in [-0.2, 0) is 0 Å². The van der Waals surface area contributed by atoms with Gasteiger partial charge in [0.25, 0.3) is 0 Å². The summed E-state index contributed by atoms with van der Waals surface area (Å²) in [6.07, 6.45) is 0. The van der Waals surface area contributed by atoms with Gasteiger partial charge in [-0.25, -0.2) is 0 Å². The molecule has 0 bridgehead atoms. The minimum absolute atomic E-state index is 0.717. The lowest BCUT2D eigenvalue weighted by molar-refractivity contribution is 1.32. The molecule has 0 atom stereocenters. The summed E-state index contributed by atoms with van der Waals surface area (Å²) in [6.45, 7) is 1.92. The number of rotatable bonds is 3. The van der Waals surface area contributed by atoms with Crippen molar-refractivity contribution >= 4 is 33.0 Å². The third-order valence-electron chi connectivity index (χ3n) is 2.53. The van der Waals surface area contributed by atoms with Gasteiger partial charge in [-0.05, 0) is 37.3 Å². The Hall–Kier alpha value is -1.81. The second-order valence-electron chi connectivity index (χ2n) is 3.91. The van der Waals surface area contributed by atoms with E-state index in [-0.39, 0.29) is 0 Å². The van der Waals surface area contributed by atoms with Crippen molar-refractivity contribution in [3.05, 3.63) is 58.6 Å². The molecule has 0 saturated heterocycles. The summed E-state index contributed by atoms with van der Waals surface area (Å²) >= 11 is 3.43. The molecule has 2 rings (SSSR count). The van der Waals surface area contributed by atoms with Crippen LogP contribution in [0.5, 0.6) is 0 Å². The topological polar surface area (TPSA) is 50.4 Å². The molecule has 3 N–H and O–H groups in total. The minimum Gasteiger partial charge on any atom is -0.398 e. The molecule has 2 aromatic carbocycles. The SMILES string of the molecule is CC(=NNc1ccccc1)c1cc(Br)ccc1N. The molecule has 4 heteroatoms. The lowest BCUT2D eigenvalue weighted by Gasteiger charge is -2.07. The van der Waals surface area contributed by atoms with Crippen molar-refractivity contribution < 1.29 is 0 Å². The fourth-order valence-electron chi connectivity index (χ4n) is 1.56. The van der Waals surface area contributed by atoms with Gasteiger partial charge in [-0.2, -0.15) is 5.10 Å². The van der Waals surface area contributed by atoms with Crippen LogP contribution >= 0.6 is 15.9 Å². The molecule has 0 heterocycles. The van der Waals surface area contributed by atoms with E-state index in [4.69, 9.17) is 5.73 Å². The van der Waals surface area contributed by atoms with E-state index in [1.807, 2.05) is 55.5 Å². The van der Waals surface area contributed by atoms with Gasteiger partial charge >= 0.3 is 0 Å². The van der Waals surface area contributed by atoms with Crippen LogP contribution in [0.1, 0.15) is 12.5 Å². The third kappa shape index (κ3) is 3.11. The molecule has 0 spiro atoms. The standard InChI is InChI=1S/C14H14BrN3/c1-10(13-9-11(15)7-8-14(13)16)17-18-12-5-3-2-4-6-12/h2-9,18H,16H2,1H3. The highest BCUT2D eigenvalue weighted by Gasteiger charge is 2.03. The maximum atomic E-state index is 5.93. The van der Waals surface area contributed by atoms with E-state index < -0.39 is 0 Å². The number of benzene rings is 2. The molecule has 0 aromatic heterocycles. The Kier molecular flexibility index (Phi) is 3.99. The van der Waals surface area contributed by atoms with Crippen LogP contribution in [0.4, 0.5) is 11.4 Å². The number of halogens is 1. The largest absolute Gasteiger partial charge is 0.398 e. The van der Waals surface area contributed by atoms with E-state index in [0.717, 1.165) is 21.4 Å². The summed E-state index contributed by atoms with van der Waals surface area (Å²) in [7, 11) is 0. The quantitative estimate of drug-likeness (QED) is 0.514. The molecule has 3 nitrogen and oxygen atoms in total. The number of hydrazone groups is 1. The molecule has 0 amide bonds. The smallest absolute Gasteiger partial charge is 0.0669 e. The van der Waals surface area contributed by atoms with Crippen LogP contribution in [-0.4, -0.2) is 5.71 Å². The van der Waals surface area contributed by atoms with Gasteiger partial charge in [0, 0.05) is 15.7 Å². The number of hydrogen-bond donors (Lipinski definition) is 2. The first-order chi connectivity index (χ1) is 8.66. The highest BCUT2D eigenvalue weighted by Crippen LogP contribution is 2.19. The molecule has 0 unspecified atom stereocenters. The van der Waals surface area contributed by atoms with Gasteiger partial charge < -0.3 is 5.73 Å². The van der Waals surface area contributed by atoms with E-state index in [0.29, 0.717) is 5.69 Å². The molecule has 0 aliphatic rings. The lowest BCUT2D eigenvalue weighted by atomic mass is 10.1. The van der Waals surface area contributed by atoms with Gasteiger partial charge in [0.15, 0.2) is 0 Å². The van der Waals surface area contributed by atoms with Gasteiger partial charge in [-0.1, -0.05) is 34.1 Å². The molecule has 18 heavy (non-hydrogen) atoms. The summed E-state index contributed by atoms with van der Waals surface area (Å²) in [4.78, 5) is 0. The first kappa shape index (κ1) is 12.6.